The van der Waals surface area contributed by atoms with Gasteiger partial charge in [0.2, 0.25) is 0 Å². The summed E-state index contributed by atoms with van der Waals surface area (Å²) in [5.41, 5.74) is -0.246. The standard InChI is InChI=1S/C37H46N2O8S3/c1-8-12-14-23(10-3)20-38-22(5)49-29(33(38)40)18-25-16-27(35(42)44-6)31(46-25)32-28(36(43)45-7)17-26(47-32)19-30-34(41)39(37(48)50-30)21-24(11-4)15-13-9-2/h16-19,23-24H,5,8-15,20-21H2,1-4,6-7H3/b29-18-,30-19-. The largest absolute Gasteiger partial charge is 0.465 e. The van der Waals surface area contributed by atoms with Crippen LogP contribution in [-0.4, -0.2) is 52.4 Å². The van der Waals surface area contributed by atoms with Crippen LogP contribution >= 0.6 is 35.3 Å². The zero-order chi connectivity index (χ0) is 36.5. The van der Waals surface area contributed by atoms with Crippen molar-refractivity contribution in [3.8, 4) is 11.5 Å². The highest BCUT2D eigenvalue weighted by atomic mass is 32.2. The summed E-state index contributed by atoms with van der Waals surface area (Å²) in [5.74, 6) is -0.883. The molecule has 0 saturated carbocycles. The molecule has 13 heteroatoms. The summed E-state index contributed by atoms with van der Waals surface area (Å²) < 4.78 is 25.4. The summed E-state index contributed by atoms with van der Waals surface area (Å²) in [4.78, 5) is 54.8. The van der Waals surface area contributed by atoms with Gasteiger partial charge in [-0.3, -0.25) is 19.1 Å². The molecule has 0 N–H and O–H groups in total. The molecule has 0 spiro atoms. The van der Waals surface area contributed by atoms with E-state index >= 15 is 0 Å². The van der Waals surface area contributed by atoms with E-state index in [2.05, 4.69) is 34.3 Å². The minimum atomic E-state index is -0.744. The molecule has 2 unspecified atom stereocenters. The van der Waals surface area contributed by atoms with E-state index < -0.39 is 11.9 Å². The smallest absolute Gasteiger partial charge is 0.341 e. The number of furan rings is 2. The van der Waals surface area contributed by atoms with Crippen molar-refractivity contribution in [3.05, 3.63) is 59.2 Å². The highest BCUT2D eigenvalue weighted by Gasteiger charge is 2.34. The molecule has 1 aliphatic rings. The highest BCUT2D eigenvalue weighted by molar-refractivity contribution is 8.26. The van der Waals surface area contributed by atoms with E-state index in [9.17, 15) is 19.2 Å². The lowest BCUT2D eigenvalue weighted by Gasteiger charge is -2.21. The molecule has 3 aromatic heterocycles. The van der Waals surface area contributed by atoms with E-state index in [0.29, 0.717) is 43.3 Å². The first-order valence-corrected chi connectivity index (χ1v) is 19.1. The molecule has 0 aliphatic carbocycles. The van der Waals surface area contributed by atoms with Gasteiger partial charge in [0.05, 0.1) is 28.3 Å². The molecule has 2 atom stereocenters. The zero-order valence-corrected chi connectivity index (χ0v) is 32.1. The number of aromatic nitrogens is 1. The first-order chi connectivity index (χ1) is 24.0. The van der Waals surface area contributed by atoms with E-state index in [4.69, 9.17) is 30.5 Å². The van der Waals surface area contributed by atoms with Gasteiger partial charge >= 0.3 is 11.9 Å². The molecule has 10 nitrogen and oxygen atoms in total. The fourth-order valence-corrected chi connectivity index (χ4v) is 7.99. The van der Waals surface area contributed by atoms with Gasteiger partial charge in [-0.1, -0.05) is 96.8 Å². The van der Waals surface area contributed by atoms with Crippen LogP contribution < -0.4 is 14.8 Å². The Hall–Kier alpha value is -3.68. The first-order valence-electron chi connectivity index (χ1n) is 17.1. The fraction of sp³-hybridized carbons (Fsp3) is 0.486. The van der Waals surface area contributed by atoms with Crippen molar-refractivity contribution in [1.82, 2.24) is 9.47 Å². The van der Waals surface area contributed by atoms with Crippen molar-refractivity contribution >= 4 is 76.2 Å². The number of thiazole rings is 1. The Morgan fingerprint density at radius 1 is 0.880 bits per heavy atom. The summed E-state index contributed by atoms with van der Waals surface area (Å²) in [6.45, 7) is 13.7. The van der Waals surface area contributed by atoms with Crippen molar-refractivity contribution in [2.75, 3.05) is 20.8 Å². The van der Waals surface area contributed by atoms with Crippen molar-refractivity contribution < 1.29 is 32.7 Å². The van der Waals surface area contributed by atoms with Crippen molar-refractivity contribution in [2.24, 2.45) is 11.8 Å². The second-order valence-corrected chi connectivity index (χ2v) is 15.1. The summed E-state index contributed by atoms with van der Waals surface area (Å²) in [7, 11) is 2.44. The number of thiocarbonyl (C=S) groups is 1. The molecule has 1 fully saturated rings. The van der Waals surface area contributed by atoms with Gasteiger partial charge in [0.1, 0.15) is 27.0 Å². The maximum Gasteiger partial charge on any atom is 0.341 e. The number of ether oxygens (including phenoxy) is 2. The number of carbonyl (C=O) groups is 3. The van der Waals surface area contributed by atoms with Crippen molar-refractivity contribution in [1.29, 1.82) is 0 Å². The van der Waals surface area contributed by atoms with Gasteiger partial charge in [-0.25, -0.2) is 9.59 Å². The molecule has 3 aromatic rings. The van der Waals surface area contributed by atoms with Gasteiger partial charge in [-0.2, -0.15) is 0 Å². The average molecular weight is 743 g/mol. The van der Waals surface area contributed by atoms with Crippen LogP contribution in [0.1, 0.15) is 111 Å². The first kappa shape index (κ1) is 39.1. The van der Waals surface area contributed by atoms with Crippen LogP contribution in [-0.2, 0) is 20.8 Å². The predicted molar refractivity (Wildman–Crippen MR) is 202 cm³/mol. The molecule has 1 aliphatic heterocycles. The number of unbranched alkanes of at least 4 members (excludes halogenated alkanes) is 2. The van der Waals surface area contributed by atoms with E-state index in [1.54, 1.807) is 9.47 Å². The number of carbonyl (C=O) groups excluding carboxylic acids is 3. The van der Waals surface area contributed by atoms with E-state index in [1.165, 1.54) is 49.8 Å². The van der Waals surface area contributed by atoms with Crippen LogP contribution in [0.4, 0.5) is 0 Å². The molecular formula is C37H46N2O8S3. The van der Waals surface area contributed by atoms with E-state index in [1.807, 2.05) is 0 Å². The maximum absolute atomic E-state index is 13.5. The lowest BCUT2D eigenvalue weighted by molar-refractivity contribution is -0.122. The average Bonchev–Trinajstić information content (AvgIpc) is 3.85. The highest BCUT2D eigenvalue weighted by Crippen LogP contribution is 2.38. The van der Waals surface area contributed by atoms with Gasteiger partial charge in [-0.15, -0.1) is 11.3 Å². The van der Waals surface area contributed by atoms with Crippen molar-refractivity contribution in [2.45, 2.75) is 85.6 Å². The third-order valence-corrected chi connectivity index (χ3v) is 11.2. The molecule has 4 heterocycles. The Morgan fingerprint density at radius 2 is 1.40 bits per heavy atom. The summed E-state index contributed by atoms with van der Waals surface area (Å²) in [6.07, 6.45) is 11.3. The Kier molecular flexibility index (Phi) is 14.1. The minimum Gasteiger partial charge on any atom is -0.465 e. The van der Waals surface area contributed by atoms with Crippen LogP contribution in [0.5, 0.6) is 0 Å². The van der Waals surface area contributed by atoms with Gasteiger partial charge in [0.25, 0.3) is 11.5 Å². The number of hydrogen-bond donors (Lipinski definition) is 0. The fourth-order valence-electron chi connectivity index (χ4n) is 5.84. The molecule has 1 saturated heterocycles. The maximum atomic E-state index is 13.5. The summed E-state index contributed by atoms with van der Waals surface area (Å²) >= 11 is 7.96. The molecular weight excluding hydrogens is 697 g/mol. The second-order valence-electron chi connectivity index (χ2n) is 12.3. The molecule has 0 bridgehead atoms. The molecule has 0 radical (unpaired) electrons. The van der Waals surface area contributed by atoms with Crippen LogP contribution in [0.2, 0.25) is 0 Å². The number of amides is 1. The predicted octanol–water partition coefficient (Wildman–Crippen LogP) is 7.21. The quantitative estimate of drug-likeness (QED) is 0.0797. The topological polar surface area (TPSA) is 121 Å². The summed E-state index contributed by atoms with van der Waals surface area (Å²) in [6, 6.07) is 2.85. The van der Waals surface area contributed by atoms with Crippen LogP contribution in [0.25, 0.3) is 30.3 Å². The van der Waals surface area contributed by atoms with Gasteiger partial charge in [0.15, 0.2) is 11.5 Å². The Bertz CT molecular complexity index is 1910. The SMILES string of the molecule is C=c1s/c(=C\c2cc(C(=O)OC)c(-c3oc(/C=C4\SC(=S)N(CC(CC)CCCC)C4=O)cc3C(=O)OC)o2)c(=O)n1CC(CC)CCCC. The number of esters is 2. The van der Waals surface area contributed by atoms with Gasteiger partial charge < -0.3 is 18.3 Å². The molecule has 1 amide bonds. The van der Waals surface area contributed by atoms with Crippen molar-refractivity contribution in [3.63, 3.8) is 0 Å². The number of rotatable bonds is 17. The van der Waals surface area contributed by atoms with Crippen LogP contribution in [0.15, 0.2) is 30.7 Å². The second kappa shape index (κ2) is 18.0. The van der Waals surface area contributed by atoms with Gasteiger partial charge in [0, 0.05) is 25.2 Å². The van der Waals surface area contributed by atoms with E-state index in [0.717, 1.165) is 63.1 Å². The number of methoxy groups -OCH3 is 2. The Labute approximate surface area is 306 Å². The third-order valence-electron chi connectivity index (χ3n) is 8.89. The number of nitrogens with zero attached hydrogens (tertiary/aromatic N) is 2. The zero-order valence-electron chi connectivity index (χ0n) is 29.6. The lowest BCUT2D eigenvalue weighted by Crippen LogP contribution is -2.33. The minimum absolute atomic E-state index is 0.0221. The van der Waals surface area contributed by atoms with E-state index in [-0.39, 0.29) is 45.6 Å². The molecule has 270 valence electrons. The molecule has 4 rings (SSSR count). The third kappa shape index (κ3) is 8.96. The Morgan fingerprint density at radius 3 is 1.90 bits per heavy atom. The summed E-state index contributed by atoms with van der Waals surface area (Å²) in [5, 5.41) is 0. The Balaban J connectivity index is 1.74. The van der Waals surface area contributed by atoms with Gasteiger partial charge in [-0.05, 0) is 36.8 Å². The monoisotopic (exact) mass is 742 g/mol. The van der Waals surface area contributed by atoms with Crippen LogP contribution in [0, 0.1) is 11.8 Å². The molecule has 50 heavy (non-hydrogen) atoms. The van der Waals surface area contributed by atoms with Crippen LogP contribution in [0.3, 0.4) is 0 Å². The number of hydrogen-bond acceptors (Lipinski definition) is 11. The normalized spacial score (nSPS) is 15.7. The number of thioether (sulfide) groups is 1. The lowest BCUT2D eigenvalue weighted by atomic mass is 9.99. The molecule has 0 aromatic carbocycles.